The molecule has 0 atom stereocenters. The van der Waals surface area contributed by atoms with Crippen molar-refractivity contribution in [1.29, 1.82) is 0 Å². The van der Waals surface area contributed by atoms with E-state index < -0.39 is 12.1 Å². The lowest BCUT2D eigenvalue weighted by Crippen LogP contribution is -2.42. The van der Waals surface area contributed by atoms with Gasteiger partial charge in [-0.15, -0.1) is 0 Å². The highest BCUT2D eigenvalue weighted by Crippen LogP contribution is 2.23. The fraction of sp³-hybridized carbons (Fsp3) is 0.423. The lowest BCUT2D eigenvalue weighted by atomic mass is 9.98. The number of pyridine rings is 1. The van der Waals surface area contributed by atoms with Gasteiger partial charge in [-0.3, -0.25) is 9.78 Å². The van der Waals surface area contributed by atoms with E-state index in [1.807, 2.05) is 31.2 Å². The van der Waals surface area contributed by atoms with Gasteiger partial charge in [-0.25, -0.2) is 14.5 Å². The van der Waals surface area contributed by atoms with E-state index in [1.165, 1.54) is 19.3 Å². The van der Waals surface area contributed by atoms with Crippen LogP contribution in [0, 0.1) is 6.92 Å². The number of amides is 5. The maximum absolute atomic E-state index is 11.8. The first-order chi connectivity index (χ1) is 17.4. The van der Waals surface area contributed by atoms with Crippen LogP contribution in [-0.4, -0.2) is 53.9 Å². The summed E-state index contributed by atoms with van der Waals surface area (Å²) in [5, 5.41) is 5.22. The number of benzene rings is 1. The second kappa shape index (κ2) is 15.1. The molecule has 0 bridgehead atoms. The Hall–Kier alpha value is -3.95. The van der Waals surface area contributed by atoms with E-state index in [0.29, 0.717) is 18.3 Å². The fourth-order valence-corrected chi connectivity index (χ4v) is 3.59. The molecule has 0 radical (unpaired) electrons. The van der Waals surface area contributed by atoms with Gasteiger partial charge in [0, 0.05) is 32.4 Å². The Kier molecular flexibility index (Phi) is 11.9. The molecule has 1 aromatic carbocycles. The van der Waals surface area contributed by atoms with Gasteiger partial charge in [0.05, 0.1) is 12.4 Å². The largest absolute Gasteiger partial charge is 0.490 e. The molecule has 36 heavy (non-hydrogen) atoms. The van der Waals surface area contributed by atoms with Crippen LogP contribution in [0.5, 0.6) is 5.75 Å². The first-order valence-corrected chi connectivity index (χ1v) is 12.1. The number of imide groups is 1. The predicted molar refractivity (Wildman–Crippen MR) is 139 cm³/mol. The van der Waals surface area contributed by atoms with Gasteiger partial charge in [-0.1, -0.05) is 36.2 Å². The highest BCUT2D eigenvalue weighted by molar-refractivity contribution is 5.96. The number of carbonyl (C=O) groups excluding carboxylic acids is 3. The van der Waals surface area contributed by atoms with Crippen LogP contribution < -0.4 is 21.1 Å². The molecule has 1 aliphatic rings. The maximum Gasteiger partial charge on any atom is 0.353 e. The summed E-state index contributed by atoms with van der Waals surface area (Å²) in [4.78, 5) is 43.1. The minimum atomic E-state index is -0.675. The van der Waals surface area contributed by atoms with E-state index >= 15 is 0 Å². The average Bonchev–Trinajstić information content (AvgIpc) is 2.89. The molecule has 10 heteroatoms. The van der Waals surface area contributed by atoms with Crippen molar-refractivity contribution in [2.24, 2.45) is 10.7 Å². The van der Waals surface area contributed by atoms with E-state index in [1.54, 1.807) is 32.3 Å². The molecule has 4 N–H and O–H groups in total. The zero-order valence-corrected chi connectivity index (χ0v) is 21.2. The van der Waals surface area contributed by atoms with Crippen molar-refractivity contribution < 1.29 is 19.1 Å². The van der Waals surface area contributed by atoms with Crippen LogP contribution in [0.1, 0.15) is 60.6 Å². The zero-order valence-electron chi connectivity index (χ0n) is 21.2. The molecule has 0 unspecified atom stereocenters. The van der Waals surface area contributed by atoms with E-state index in [0.717, 1.165) is 41.0 Å². The number of nitrogens with two attached hydrogens (primary N) is 1. The van der Waals surface area contributed by atoms with Crippen molar-refractivity contribution in [3.63, 3.8) is 0 Å². The van der Waals surface area contributed by atoms with Gasteiger partial charge in [-0.2, -0.15) is 4.99 Å². The van der Waals surface area contributed by atoms with Crippen molar-refractivity contribution in [3.05, 3.63) is 59.4 Å². The molecule has 194 valence electrons. The number of rotatable bonds is 6. The average molecular weight is 497 g/mol. The predicted octanol–water partition coefficient (Wildman–Crippen LogP) is 3.79. The van der Waals surface area contributed by atoms with Gasteiger partial charge in [0.1, 0.15) is 11.4 Å². The molecular weight excluding hydrogens is 460 g/mol. The van der Waals surface area contributed by atoms with Crippen molar-refractivity contribution in [2.75, 3.05) is 13.6 Å². The summed E-state index contributed by atoms with van der Waals surface area (Å²) < 4.78 is 5.87. The SMILES string of the molecule is CCN(C(=O)/N=C/N)C(=O)NCc1ccc(C)cc1.CNC(=O)c1cc(OC2CCCCC2)ccn1. The third kappa shape index (κ3) is 9.36. The molecule has 10 nitrogen and oxygen atoms in total. The Morgan fingerprint density at radius 3 is 2.47 bits per heavy atom. The van der Waals surface area contributed by atoms with Crippen molar-refractivity contribution in [2.45, 2.75) is 58.6 Å². The van der Waals surface area contributed by atoms with Crippen molar-refractivity contribution in [3.8, 4) is 5.75 Å². The maximum atomic E-state index is 11.8. The number of ether oxygens (including phenoxy) is 1. The third-order valence-electron chi connectivity index (χ3n) is 5.59. The molecule has 1 aliphatic carbocycles. The first-order valence-electron chi connectivity index (χ1n) is 12.1. The second-order valence-electron chi connectivity index (χ2n) is 8.28. The quantitative estimate of drug-likeness (QED) is 0.411. The Balaban J connectivity index is 0.000000255. The monoisotopic (exact) mass is 496 g/mol. The van der Waals surface area contributed by atoms with Gasteiger partial charge in [0.25, 0.3) is 5.91 Å². The standard InChI is InChI=1S/C13H18N4O2.C13H18N2O2/c1-3-17(13(19)16-9-14)12(18)15-8-11-6-4-10(2)5-7-11;1-14-13(16)12-9-11(7-8-15-12)17-10-5-3-2-4-6-10/h4-7,9H,3,8H2,1-2H3,(H,15,18)(H2,14,16,19);7-10H,2-6H2,1H3,(H,14,16). The number of carbonyl (C=O) groups is 3. The smallest absolute Gasteiger partial charge is 0.353 e. The number of urea groups is 2. The molecule has 1 saturated carbocycles. The van der Waals surface area contributed by atoms with Gasteiger partial charge >= 0.3 is 12.1 Å². The van der Waals surface area contributed by atoms with Crippen LogP contribution >= 0.6 is 0 Å². The van der Waals surface area contributed by atoms with Crippen molar-refractivity contribution >= 4 is 24.3 Å². The number of nitrogens with one attached hydrogen (secondary N) is 2. The van der Waals surface area contributed by atoms with Crippen LogP contribution in [0.2, 0.25) is 0 Å². The Morgan fingerprint density at radius 2 is 1.86 bits per heavy atom. The fourth-order valence-electron chi connectivity index (χ4n) is 3.59. The Bertz CT molecular complexity index is 1020. The number of hydrogen-bond donors (Lipinski definition) is 3. The van der Waals surface area contributed by atoms with Crippen LogP contribution in [0.3, 0.4) is 0 Å². The van der Waals surface area contributed by atoms with Crippen LogP contribution in [-0.2, 0) is 6.54 Å². The number of nitrogens with zero attached hydrogens (tertiary/aromatic N) is 3. The number of aryl methyl sites for hydroxylation is 1. The van der Waals surface area contributed by atoms with Gasteiger partial charge in [0.15, 0.2) is 0 Å². The van der Waals surface area contributed by atoms with E-state index in [9.17, 15) is 14.4 Å². The van der Waals surface area contributed by atoms with E-state index in [-0.39, 0.29) is 12.5 Å². The molecule has 3 rings (SSSR count). The molecule has 0 aliphatic heterocycles. The number of aliphatic imine (C=N–C) groups is 1. The summed E-state index contributed by atoms with van der Waals surface area (Å²) in [6.45, 7) is 4.27. The third-order valence-corrected chi connectivity index (χ3v) is 5.59. The minimum Gasteiger partial charge on any atom is -0.490 e. The van der Waals surface area contributed by atoms with Gasteiger partial charge in [-0.05, 0) is 51.2 Å². The highest BCUT2D eigenvalue weighted by atomic mass is 16.5. The Labute approximate surface area is 212 Å². The van der Waals surface area contributed by atoms with Crippen LogP contribution in [0.15, 0.2) is 47.6 Å². The van der Waals surface area contributed by atoms with Crippen molar-refractivity contribution in [1.82, 2.24) is 20.5 Å². The van der Waals surface area contributed by atoms with Crippen LogP contribution in [0.25, 0.3) is 0 Å². The lowest BCUT2D eigenvalue weighted by Gasteiger charge is -2.23. The number of hydrogen-bond acceptors (Lipinski definition) is 5. The molecule has 0 spiro atoms. The number of aromatic nitrogens is 1. The summed E-state index contributed by atoms with van der Waals surface area (Å²) >= 11 is 0. The molecule has 0 saturated heterocycles. The molecule has 2 aromatic rings. The van der Waals surface area contributed by atoms with Gasteiger partial charge < -0.3 is 21.1 Å². The first kappa shape index (κ1) is 28.3. The molecule has 1 fully saturated rings. The second-order valence-corrected chi connectivity index (χ2v) is 8.28. The minimum absolute atomic E-state index is 0.181. The lowest BCUT2D eigenvalue weighted by molar-refractivity contribution is 0.0956. The molecule has 5 amide bonds. The van der Waals surface area contributed by atoms with E-state index in [2.05, 4.69) is 20.6 Å². The van der Waals surface area contributed by atoms with Gasteiger partial charge in [0.2, 0.25) is 0 Å². The Morgan fingerprint density at radius 1 is 1.17 bits per heavy atom. The zero-order chi connectivity index (χ0) is 26.3. The molecule has 1 heterocycles. The summed E-state index contributed by atoms with van der Waals surface area (Å²) in [5.74, 6) is 0.560. The van der Waals surface area contributed by atoms with Crippen LogP contribution in [0.4, 0.5) is 9.59 Å². The summed E-state index contributed by atoms with van der Waals surface area (Å²) in [7, 11) is 1.60. The topological polar surface area (TPSA) is 139 Å². The normalized spacial score (nSPS) is 13.3. The summed E-state index contributed by atoms with van der Waals surface area (Å²) in [6.07, 6.45) is 8.77. The summed E-state index contributed by atoms with van der Waals surface area (Å²) in [6, 6.07) is 10.1. The summed E-state index contributed by atoms with van der Waals surface area (Å²) in [5.41, 5.74) is 7.55. The highest BCUT2D eigenvalue weighted by Gasteiger charge is 2.18. The molecule has 1 aromatic heterocycles. The molecular formula is C26H36N6O4. The van der Waals surface area contributed by atoms with E-state index in [4.69, 9.17) is 10.5 Å².